The number of unbranched alkanes of at least 4 members (excludes halogenated alkanes) is 7. The van der Waals surface area contributed by atoms with Crippen LogP contribution in [0.15, 0.2) is 24.3 Å². The fourth-order valence-corrected chi connectivity index (χ4v) is 2.31. The summed E-state index contributed by atoms with van der Waals surface area (Å²) in [5.74, 6) is -0.133. The summed E-state index contributed by atoms with van der Waals surface area (Å²) in [7, 11) is 1.42. The maximum atomic E-state index is 10.9. The number of esters is 1. The largest absolute Gasteiger partial charge is 0.469 e. The van der Waals surface area contributed by atoms with E-state index in [1.807, 2.05) is 18.2 Å². The lowest BCUT2D eigenvalue weighted by Crippen LogP contribution is -2.06. The van der Waals surface area contributed by atoms with Crippen molar-refractivity contribution in [1.82, 2.24) is 0 Å². The minimum absolute atomic E-state index is 0.133. The highest BCUT2D eigenvalue weighted by Crippen LogP contribution is 2.11. The van der Waals surface area contributed by atoms with Gasteiger partial charge >= 0.3 is 5.97 Å². The van der Waals surface area contributed by atoms with Crippen molar-refractivity contribution in [3.63, 3.8) is 0 Å². The van der Waals surface area contributed by atoms with Crippen LogP contribution in [0.3, 0.4) is 0 Å². The Morgan fingerprint density at radius 2 is 1.78 bits per heavy atom. The van der Waals surface area contributed by atoms with Gasteiger partial charge in [0.15, 0.2) is 0 Å². The predicted molar refractivity (Wildman–Crippen MR) is 94.3 cm³/mol. The standard InChI is InChI=1S/C19H34O4/c1-3-4-5-6-7-9-12-15-18(23-21)16-13-10-8-11-14-17-19(20)22-2/h7,9,12,15,18,21H,3-6,8,10-11,13-14,16-17H2,1-2H3. The Hall–Kier alpha value is -1.13. The summed E-state index contributed by atoms with van der Waals surface area (Å²) in [6, 6.07) is 0. The molecule has 0 radical (unpaired) electrons. The molecule has 1 N–H and O–H groups in total. The maximum Gasteiger partial charge on any atom is 0.305 e. The predicted octanol–water partition coefficient (Wildman–Crippen LogP) is 5.44. The first-order valence-electron chi connectivity index (χ1n) is 8.95. The molecule has 0 rings (SSSR count). The molecule has 0 bridgehead atoms. The molecule has 0 aromatic rings. The Bertz CT molecular complexity index is 323. The summed E-state index contributed by atoms with van der Waals surface area (Å²) >= 11 is 0. The van der Waals surface area contributed by atoms with Crippen LogP contribution in [0.1, 0.15) is 77.6 Å². The van der Waals surface area contributed by atoms with Gasteiger partial charge in [0.2, 0.25) is 0 Å². The molecule has 0 heterocycles. The highest BCUT2D eigenvalue weighted by molar-refractivity contribution is 5.68. The average molecular weight is 326 g/mol. The van der Waals surface area contributed by atoms with Crippen molar-refractivity contribution in [3.8, 4) is 0 Å². The second-order valence-corrected chi connectivity index (χ2v) is 5.84. The SMILES string of the molecule is CCCCCC=CC=CC(CCCCCCCC(=O)OC)OO. The molecule has 1 unspecified atom stereocenters. The van der Waals surface area contributed by atoms with Gasteiger partial charge in [-0.05, 0) is 25.7 Å². The van der Waals surface area contributed by atoms with Gasteiger partial charge in [0.1, 0.15) is 6.10 Å². The highest BCUT2D eigenvalue weighted by Gasteiger charge is 2.04. The van der Waals surface area contributed by atoms with E-state index < -0.39 is 0 Å². The molecule has 134 valence electrons. The van der Waals surface area contributed by atoms with Gasteiger partial charge in [0.25, 0.3) is 0 Å². The van der Waals surface area contributed by atoms with Crippen LogP contribution in [0.2, 0.25) is 0 Å². The Morgan fingerprint density at radius 3 is 2.48 bits per heavy atom. The molecule has 0 aromatic heterocycles. The molecule has 4 heteroatoms. The Morgan fingerprint density at radius 1 is 1.04 bits per heavy atom. The maximum absolute atomic E-state index is 10.9. The van der Waals surface area contributed by atoms with E-state index in [2.05, 4.69) is 22.6 Å². The third kappa shape index (κ3) is 15.5. The molecular weight excluding hydrogens is 292 g/mol. The number of methoxy groups -OCH3 is 1. The van der Waals surface area contributed by atoms with Crippen molar-refractivity contribution < 1.29 is 19.7 Å². The monoisotopic (exact) mass is 326 g/mol. The Labute approximate surface area is 141 Å². The lowest BCUT2D eigenvalue weighted by Gasteiger charge is -2.08. The van der Waals surface area contributed by atoms with Gasteiger partial charge < -0.3 is 4.74 Å². The summed E-state index contributed by atoms with van der Waals surface area (Å²) in [6.45, 7) is 2.20. The van der Waals surface area contributed by atoms with Crippen LogP contribution in [-0.4, -0.2) is 24.4 Å². The van der Waals surface area contributed by atoms with Crippen LogP contribution in [0.4, 0.5) is 0 Å². The van der Waals surface area contributed by atoms with Crippen LogP contribution >= 0.6 is 0 Å². The van der Waals surface area contributed by atoms with Crippen LogP contribution < -0.4 is 0 Å². The van der Waals surface area contributed by atoms with Crippen LogP contribution in [0.5, 0.6) is 0 Å². The van der Waals surface area contributed by atoms with E-state index in [0.29, 0.717) is 6.42 Å². The number of hydrogen-bond acceptors (Lipinski definition) is 4. The molecule has 0 aliphatic carbocycles. The van der Waals surface area contributed by atoms with E-state index in [9.17, 15) is 4.79 Å². The molecule has 0 saturated carbocycles. The van der Waals surface area contributed by atoms with Gasteiger partial charge in [-0.15, -0.1) is 0 Å². The van der Waals surface area contributed by atoms with Crippen LogP contribution in [0.25, 0.3) is 0 Å². The Kier molecular flexibility index (Phi) is 16.4. The molecule has 0 aliphatic rings. The van der Waals surface area contributed by atoms with E-state index in [1.54, 1.807) is 0 Å². The summed E-state index contributed by atoms with van der Waals surface area (Å²) in [5.41, 5.74) is 0. The van der Waals surface area contributed by atoms with Gasteiger partial charge in [-0.2, -0.15) is 0 Å². The topological polar surface area (TPSA) is 55.8 Å². The van der Waals surface area contributed by atoms with E-state index >= 15 is 0 Å². The molecule has 0 amide bonds. The number of ether oxygens (including phenoxy) is 1. The molecule has 0 spiro atoms. The van der Waals surface area contributed by atoms with E-state index in [1.165, 1.54) is 26.4 Å². The molecular formula is C19H34O4. The number of allylic oxidation sites excluding steroid dienone is 3. The summed E-state index contributed by atoms with van der Waals surface area (Å²) < 4.78 is 4.60. The molecule has 0 fully saturated rings. The fraction of sp³-hybridized carbons (Fsp3) is 0.737. The third-order valence-electron chi connectivity index (χ3n) is 3.78. The summed E-state index contributed by atoms with van der Waals surface area (Å²) in [4.78, 5) is 15.4. The second-order valence-electron chi connectivity index (χ2n) is 5.84. The third-order valence-corrected chi connectivity index (χ3v) is 3.78. The van der Waals surface area contributed by atoms with Crippen molar-refractivity contribution in [1.29, 1.82) is 0 Å². The Balaban J connectivity index is 3.59. The zero-order chi connectivity index (χ0) is 17.2. The smallest absolute Gasteiger partial charge is 0.305 e. The first kappa shape index (κ1) is 21.9. The molecule has 4 nitrogen and oxygen atoms in total. The normalized spacial score (nSPS) is 13.0. The number of hydrogen-bond donors (Lipinski definition) is 1. The van der Waals surface area contributed by atoms with Gasteiger partial charge in [-0.1, -0.05) is 69.8 Å². The van der Waals surface area contributed by atoms with Gasteiger partial charge in [-0.25, -0.2) is 4.89 Å². The second kappa shape index (κ2) is 17.2. The zero-order valence-corrected chi connectivity index (χ0v) is 14.8. The average Bonchev–Trinajstić information content (AvgIpc) is 2.57. The van der Waals surface area contributed by atoms with Gasteiger partial charge in [-0.3, -0.25) is 10.1 Å². The van der Waals surface area contributed by atoms with Gasteiger partial charge in [0.05, 0.1) is 7.11 Å². The minimum atomic E-state index is -0.231. The first-order chi connectivity index (χ1) is 11.2. The first-order valence-corrected chi connectivity index (χ1v) is 8.95. The molecule has 0 aromatic carbocycles. The molecule has 0 saturated heterocycles. The van der Waals surface area contributed by atoms with Crippen LogP contribution in [0, 0.1) is 0 Å². The van der Waals surface area contributed by atoms with Crippen molar-refractivity contribution in [3.05, 3.63) is 24.3 Å². The highest BCUT2D eigenvalue weighted by atomic mass is 17.1. The quantitative estimate of drug-likeness (QED) is 0.143. The lowest BCUT2D eigenvalue weighted by atomic mass is 10.1. The van der Waals surface area contributed by atoms with Crippen molar-refractivity contribution in [2.75, 3.05) is 7.11 Å². The zero-order valence-electron chi connectivity index (χ0n) is 14.8. The fourth-order valence-electron chi connectivity index (χ4n) is 2.31. The van der Waals surface area contributed by atoms with Crippen molar-refractivity contribution in [2.45, 2.75) is 83.7 Å². The number of carbonyl (C=O) groups excluding carboxylic acids is 1. The summed E-state index contributed by atoms with van der Waals surface area (Å²) in [6.07, 6.45) is 19.1. The molecule has 23 heavy (non-hydrogen) atoms. The summed E-state index contributed by atoms with van der Waals surface area (Å²) in [5, 5.41) is 8.90. The number of carbonyl (C=O) groups is 1. The minimum Gasteiger partial charge on any atom is -0.469 e. The van der Waals surface area contributed by atoms with E-state index in [0.717, 1.165) is 44.9 Å². The van der Waals surface area contributed by atoms with E-state index in [4.69, 9.17) is 5.26 Å². The lowest BCUT2D eigenvalue weighted by molar-refractivity contribution is -0.267. The van der Waals surface area contributed by atoms with Crippen molar-refractivity contribution in [2.24, 2.45) is 0 Å². The van der Waals surface area contributed by atoms with Gasteiger partial charge in [0, 0.05) is 6.42 Å². The molecule has 1 atom stereocenters. The molecule has 0 aliphatic heterocycles. The van der Waals surface area contributed by atoms with E-state index in [-0.39, 0.29) is 12.1 Å². The van der Waals surface area contributed by atoms with Crippen molar-refractivity contribution >= 4 is 5.97 Å². The van der Waals surface area contributed by atoms with Crippen LogP contribution in [-0.2, 0) is 14.4 Å². The number of rotatable bonds is 15.